The van der Waals surface area contributed by atoms with E-state index in [9.17, 15) is 8.42 Å². The number of benzene rings is 1. The predicted molar refractivity (Wildman–Crippen MR) is 94.9 cm³/mol. The Morgan fingerprint density at radius 3 is 2.36 bits per heavy atom. The molecule has 1 aromatic carbocycles. The molecule has 0 aromatic heterocycles. The highest BCUT2D eigenvalue weighted by atomic mass is 32.2. The molecule has 7 heteroatoms. The summed E-state index contributed by atoms with van der Waals surface area (Å²) in [6, 6.07) is 6.88. The van der Waals surface area contributed by atoms with E-state index in [1.807, 2.05) is 33.2 Å². The molecule has 0 aliphatic heterocycles. The standard InChI is InChI=1S/C15H25N3O2S2/c1-12(17-15(21)16-10-5-11-18(2)3)13-6-8-14(9-7-13)22(4,19)20/h6-9,12H,5,10-11H2,1-4H3,(H2,16,17,21)/t12-/m1/s1. The molecule has 2 N–H and O–H groups in total. The van der Waals surface area contributed by atoms with Crippen LogP contribution in [-0.4, -0.2) is 51.9 Å². The Labute approximate surface area is 139 Å². The summed E-state index contributed by atoms with van der Waals surface area (Å²) in [5.74, 6) is 0. The summed E-state index contributed by atoms with van der Waals surface area (Å²) in [7, 11) is 0.928. The van der Waals surface area contributed by atoms with Crippen LogP contribution in [0.4, 0.5) is 0 Å². The molecular weight excluding hydrogens is 318 g/mol. The molecular formula is C15H25N3O2S2. The van der Waals surface area contributed by atoms with Crippen molar-refractivity contribution in [1.82, 2.24) is 15.5 Å². The van der Waals surface area contributed by atoms with Crippen molar-refractivity contribution in [1.29, 1.82) is 0 Å². The van der Waals surface area contributed by atoms with Crippen molar-refractivity contribution >= 4 is 27.2 Å². The lowest BCUT2D eigenvalue weighted by atomic mass is 10.1. The first-order valence-corrected chi connectivity index (χ1v) is 9.49. The van der Waals surface area contributed by atoms with Crippen molar-refractivity contribution in [3.05, 3.63) is 29.8 Å². The lowest BCUT2D eigenvalue weighted by molar-refractivity contribution is 0.400. The minimum Gasteiger partial charge on any atom is -0.363 e. The summed E-state index contributed by atoms with van der Waals surface area (Å²) < 4.78 is 22.9. The van der Waals surface area contributed by atoms with Gasteiger partial charge in [0.15, 0.2) is 14.9 Å². The first-order valence-electron chi connectivity index (χ1n) is 7.19. The highest BCUT2D eigenvalue weighted by molar-refractivity contribution is 7.90. The average molecular weight is 344 g/mol. The number of hydrogen-bond donors (Lipinski definition) is 2. The summed E-state index contributed by atoms with van der Waals surface area (Å²) in [6.45, 7) is 3.82. The molecule has 0 bridgehead atoms. The quantitative estimate of drug-likeness (QED) is 0.579. The van der Waals surface area contributed by atoms with Gasteiger partial charge < -0.3 is 15.5 Å². The minimum absolute atomic E-state index is 0.0162. The number of nitrogens with one attached hydrogen (secondary N) is 2. The monoisotopic (exact) mass is 343 g/mol. The first-order chi connectivity index (χ1) is 10.2. The van der Waals surface area contributed by atoms with Gasteiger partial charge in [-0.3, -0.25) is 0 Å². The van der Waals surface area contributed by atoms with Crippen LogP contribution < -0.4 is 10.6 Å². The Balaban J connectivity index is 2.47. The largest absolute Gasteiger partial charge is 0.363 e. The molecule has 0 aliphatic rings. The van der Waals surface area contributed by atoms with Gasteiger partial charge >= 0.3 is 0 Å². The lowest BCUT2D eigenvalue weighted by Gasteiger charge is -2.18. The topological polar surface area (TPSA) is 61.4 Å². The zero-order valence-electron chi connectivity index (χ0n) is 13.6. The number of hydrogen-bond acceptors (Lipinski definition) is 4. The number of nitrogens with zero attached hydrogens (tertiary/aromatic N) is 1. The Morgan fingerprint density at radius 2 is 1.86 bits per heavy atom. The van der Waals surface area contributed by atoms with Gasteiger partial charge in [-0.15, -0.1) is 0 Å². The third-order valence-corrected chi connectivity index (χ3v) is 4.61. The molecule has 1 aromatic rings. The Hall–Kier alpha value is -1.18. The van der Waals surface area contributed by atoms with E-state index >= 15 is 0 Å². The molecule has 0 heterocycles. The smallest absolute Gasteiger partial charge is 0.175 e. The fraction of sp³-hybridized carbons (Fsp3) is 0.533. The second-order valence-corrected chi connectivity index (χ2v) is 8.04. The van der Waals surface area contributed by atoms with E-state index in [-0.39, 0.29) is 6.04 Å². The molecule has 1 rings (SSSR count). The number of thiocarbonyl (C=S) groups is 1. The second-order valence-electron chi connectivity index (χ2n) is 5.62. The molecule has 0 amide bonds. The van der Waals surface area contributed by atoms with Crippen LogP contribution in [0.1, 0.15) is 24.9 Å². The van der Waals surface area contributed by atoms with Gasteiger partial charge in [0, 0.05) is 12.8 Å². The summed E-state index contributed by atoms with van der Waals surface area (Å²) in [5.41, 5.74) is 0.991. The highest BCUT2D eigenvalue weighted by Crippen LogP contribution is 2.16. The first kappa shape index (κ1) is 18.9. The molecule has 0 spiro atoms. The molecule has 124 valence electrons. The zero-order valence-corrected chi connectivity index (χ0v) is 15.2. The van der Waals surface area contributed by atoms with Gasteiger partial charge in [0.1, 0.15) is 0 Å². The summed E-state index contributed by atoms with van der Waals surface area (Å²) in [4.78, 5) is 2.46. The maximum Gasteiger partial charge on any atom is 0.175 e. The lowest BCUT2D eigenvalue weighted by Crippen LogP contribution is -2.37. The molecule has 0 unspecified atom stereocenters. The molecule has 0 fully saturated rings. The SMILES string of the molecule is C[C@@H](NC(=S)NCCCN(C)C)c1ccc(S(C)(=O)=O)cc1. The van der Waals surface area contributed by atoms with Gasteiger partial charge in [0.2, 0.25) is 0 Å². The van der Waals surface area contributed by atoms with Gasteiger partial charge in [0.05, 0.1) is 10.9 Å². The number of rotatable bonds is 7. The van der Waals surface area contributed by atoms with Crippen LogP contribution in [0.25, 0.3) is 0 Å². The summed E-state index contributed by atoms with van der Waals surface area (Å²) in [5, 5.41) is 6.98. The van der Waals surface area contributed by atoms with E-state index in [1.54, 1.807) is 12.1 Å². The van der Waals surface area contributed by atoms with Crippen LogP contribution in [0.15, 0.2) is 29.2 Å². The van der Waals surface area contributed by atoms with Crippen LogP contribution >= 0.6 is 12.2 Å². The summed E-state index contributed by atoms with van der Waals surface area (Å²) >= 11 is 5.26. The van der Waals surface area contributed by atoms with Crippen molar-refractivity contribution in [2.45, 2.75) is 24.3 Å². The van der Waals surface area contributed by atoms with E-state index in [0.29, 0.717) is 10.0 Å². The fourth-order valence-corrected chi connectivity index (χ4v) is 2.84. The van der Waals surface area contributed by atoms with Crippen LogP contribution in [0, 0.1) is 0 Å². The van der Waals surface area contributed by atoms with Crippen LogP contribution in [0.3, 0.4) is 0 Å². The van der Waals surface area contributed by atoms with E-state index in [4.69, 9.17) is 12.2 Å². The molecule has 0 saturated carbocycles. The maximum absolute atomic E-state index is 11.4. The third kappa shape index (κ3) is 6.72. The fourth-order valence-electron chi connectivity index (χ4n) is 1.93. The number of sulfone groups is 1. The Bertz CT molecular complexity index is 583. The average Bonchev–Trinajstić information content (AvgIpc) is 2.42. The van der Waals surface area contributed by atoms with Gasteiger partial charge in [-0.25, -0.2) is 8.42 Å². The highest BCUT2D eigenvalue weighted by Gasteiger charge is 2.10. The van der Waals surface area contributed by atoms with Crippen molar-refractivity contribution < 1.29 is 8.42 Å². The van der Waals surface area contributed by atoms with Crippen molar-refractivity contribution in [2.75, 3.05) is 33.4 Å². The van der Waals surface area contributed by atoms with Gasteiger partial charge in [-0.1, -0.05) is 12.1 Å². The molecule has 0 saturated heterocycles. The Kier molecular flexibility index (Phi) is 7.25. The van der Waals surface area contributed by atoms with Crippen LogP contribution in [0.5, 0.6) is 0 Å². The summed E-state index contributed by atoms with van der Waals surface area (Å²) in [6.07, 6.45) is 2.22. The zero-order chi connectivity index (χ0) is 16.8. The van der Waals surface area contributed by atoms with E-state index in [0.717, 1.165) is 25.1 Å². The van der Waals surface area contributed by atoms with Crippen molar-refractivity contribution in [2.24, 2.45) is 0 Å². The molecule has 1 atom stereocenters. The molecule has 0 radical (unpaired) electrons. The molecule has 22 heavy (non-hydrogen) atoms. The van der Waals surface area contributed by atoms with E-state index < -0.39 is 9.84 Å². The third-order valence-electron chi connectivity index (χ3n) is 3.22. The normalized spacial score (nSPS) is 13.0. The van der Waals surface area contributed by atoms with Crippen LogP contribution in [-0.2, 0) is 9.84 Å². The van der Waals surface area contributed by atoms with Gasteiger partial charge in [0.25, 0.3) is 0 Å². The van der Waals surface area contributed by atoms with Crippen molar-refractivity contribution in [3.63, 3.8) is 0 Å². The predicted octanol–water partition coefficient (Wildman–Crippen LogP) is 1.57. The van der Waals surface area contributed by atoms with E-state index in [2.05, 4.69) is 15.5 Å². The van der Waals surface area contributed by atoms with Gasteiger partial charge in [-0.2, -0.15) is 0 Å². The maximum atomic E-state index is 11.4. The van der Waals surface area contributed by atoms with Crippen molar-refractivity contribution in [3.8, 4) is 0 Å². The second kappa shape index (κ2) is 8.45. The molecule has 0 aliphatic carbocycles. The minimum atomic E-state index is -3.15. The van der Waals surface area contributed by atoms with Crippen LogP contribution in [0.2, 0.25) is 0 Å². The van der Waals surface area contributed by atoms with E-state index in [1.165, 1.54) is 6.26 Å². The van der Waals surface area contributed by atoms with Gasteiger partial charge in [-0.05, 0) is 63.9 Å². The molecule has 5 nitrogen and oxygen atoms in total. The Morgan fingerprint density at radius 1 is 1.27 bits per heavy atom.